The number of imide groups is 1. The lowest BCUT2D eigenvalue weighted by atomic mass is 9.94. The molecule has 5 heteroatoms. The number of ether oxygens (including phenoxy) is 1. The second-order valence-electron chi connectivity index (χ2n) is 7.17. The van der Waals surface area contributed by atoms with Crippen molar-refractivity contribution in [3.63, 3.8) is 0 Å². The summed E-state index contributed by atoms with van der Waals surface area (Å²) >= 11 is 0. The lowest BCUT2D eigenvalue weighted by Crippen LogP contribution is -2.41. The fourth-order valence-electron chi connectivity index (χ4n) is 3.88. The lowest BCUT2D eigenvalue weighted by molar-refractivity contribution is 0.0608. The molecule has 0 spiro atoms. The fraction of sp³-hybridized carbons (Fsp3) is 0.250. The van der Waals surface area contributed by atoms with Gasteiger partial charge in [-0.25, -0.2) is 0 Å². The standard InChI is InChI=1S/C24H24N2O3/c1-29-21-13-3-2-8-18(21)16-25-14-4-5-15-26-23(27)19-11-6-9-17-10-7-12-20(22(17)19)24(26)28/h2-3,6-13,25H,4-5,14-16H2,1H3. The number of rotatable bonds is 8. The normalized spacial score (nSPS) is 13.2. The predicted molar refractivity (Wildman–Crippen MR) is 113 cm³/mol. The predicted octanol–water partition coefficient (Wildman–Crippen LogP) is 4.01. The summed E-state index contributed by atoms with van der Waals surface area (Å²) in [7, 11) is 1.67. The van der Waals surface area contributed by atoms with Crippen LogP contribution in [0, 0.1) is 0 Å². The lowest BCUT2D eigenvalue weighted by Gasteiger charge is -2.27. The number of benzene rings is 3. The first-order valence-electron chi connectivity index (χ1n) is 9.91. The third-order valence-corrected chi connectivity index (χ3v) is 5.35. The molecule has 148 valence electrons. The van der Waals surface area contributed by atoms with E-state index in [1.165, 1.54) is 4.90 Å². The van der Waals surface area contributed by atoms with Crippen LogP contribution >= 0.6 is 0 Å². The van der Waals surface area contributed by atoms with Crippen LogP contribution in [0.2, 0.25) is 0 Å². The summed E-state index contributed by atoms with van der Waals surface area (Å²) in [5.74, 6) is 0.486. The van der Waals surface area contributed by atoms with E-state index in [0.717, 1.165) is 48.0 Å². The maximum Gasteiger partial charge on any atom is 0.261 e. The van der Waals surface area contributed by atoms with Gasteiger partial charge in [0.05, 0.1) is 7.11 Å². The van der Waals surface area contributed by atoms with E-state index in [2.05, 4.69) is 5.32 Å². The molecule has 29 heavy (non-hydrogen) atoms. The average Bonchev–Trinajstić information content (AvgIpc) is 2.76. The smallest absolute Gasteiger partial charge is 0.261 e. The van der Waals surface area contributed by atoms with Crippen LogP contribution in [0.3, 0.4) is 0 Å². The highest BCUT2D eigenvalue weighted by atomic mass is 16.5. The van der Waals surface area contributed by atoms with Crippen LogP contribution in [0.25, 0.3) is 10.8 Å². The molecule has 1 aliphatic rings. The molecule has 1 heterocycles. The van der Waals surface area contributed by atoms with E-state index in [0.29, 0.717) is 17.7 Å². The topological polar surface area (TPSA) is 58.6 Å². The molecule has 0 unspecified atom stereocenters. The first-order valence-corrected chi connectivity index (χ1v) is 9.91. The number of para-hydroxylation sites is 1. The Labute approximate surface area is 170 Å². The molecule has 0 saturated carbocycles. The molecule has 3 aromatic carbocycles. The van der Waals surface area contributed by atoms with Crippen molar-refractivity contribution in [1.82, 2.24) is 10.2 Å². The third kappa shape index (κ3) is 3.74. The summed E-state index contributed by atoms with van der Waals surface area (Å²) in [5, 5.41) is 5.11. The molecule has 0 atom stereocenters. The number of unbranched alkanes of at least 4 members (excludes halogenated alkanes) is 1. The fourth-order valence-corrected chi connectivity index (χ4v) is 3.88. The van der Waals surface area contributed by atoms with E-state index in [1.54, 1.807) is 7.11 Å². The highest BCUT2D eigenvalue weighted by molar-refractivity contribution is 6.25. The van der Waals surface area contributed by atoms with Crippen molar-refractivity contribution < 1.29 is 14.3 Å². The van der Waals surface area contributed by atoms with Gasteiger partial charge in [0.2, 0.25) is 0 Å². The Morgan fingerprint density at radius 2 is 1.55 bits per heavy atom. The number of carbonyl (C=O) groups is 2. The molecule has 1 aliphatic heterocycles. The van der Waals surface area contributed by atoms with E-state index in [9.17, 15) is 9.59 Å². The first kappa shape index (κ1) is 19.2. The molecule has 0 fully saturated rings. The van der Waals surface area contributed by atoms with Gasteiger partial charge in [-0.1, -0.05) is 42.5 Å². The van der Waals surface area contributed by atoms with Crippen LogP contribution in [0.15, 0.2) is 60.7 Å². The Morgan fingerprint density at radius 3 is 2.24 bits per heavy atom. The molecular weight excluding hydrogens is 364 g/mol. The maximum atomic E-state index is 12.9. The van der Waals surface area contributed by atoms with E-state index >= 15 is 0 Å². The molecule has 4 rings (SSSR count). The minimum absolute atomic E-state index is 0.193. The molecule has 1 N–H and O–H groups in total. The van der Waals surface area contributed by atoms with E-state index < -0.39 is 0 Å². The molecule has 0 radical (unpaired) electrons. The van der Waals surface area contributed by atoms with Crippen molar-refractivity contribution in [2.75, 3.05) is 20.2 Å². The van der Waals surface area contributed by atoms with Crippen molar-refractivity contribution in [3.8, 4) is 5.75 Å². The summed E-state index contributed by atoms with van der Waals surface area (Å²) in [4.78, 5) is 27.1. The zero-order valence-electron chi connectivity index (χ0n) is 16.5. The highest BCUT2D eigenvalue weighted by Crippen LogP contribution is 2.30. The summed E-state index contributed by atoms with van der Waals surface area (Å²) in [6.45, 7) is 1.96. The van der Waals surface area contributed by atoms with Gasteiger partial charge >= 0.3 is 0 Å². The number of nitrogens with zero attached hydrogens (tertiary/aromatic N) is 1. The van der Waals surface area contributed by atoms with Gasteiger partial charge in [0.1, 0.15) is 5.75 Å². The largest absolute Gasteiger partial charge is 0.496 e. The highest BCUT2D eigenvalue weighted by Gasteiger charge is 2.31. The summed E-state index contributed by atoms with van der Waals surface area (Å²) in [5.41, 5.74) is 2.35. The Hall–Kier alpha value is -3.18. The molecule has 3 aromatic rings. The number of hydrogen-bond donors (Lipinski definition) is 1. The zero-order chi connectivity index (χ0) is 20.2. The van der Waals surface area contributed by atoms with E-state index in [4.69, 9.17) is 4.74 Å². The molecule has 2 amide bonds. The second kappa shape index (κ2) is 8.45. The summed E-state index contributed by atoms with van der Waals surface area (Å²) in [6, 6.07) is 19.2. The Kier molecular flexibility index (Phi) is 5.58. The van der Waals surface area contributed by atoms with Crippen molar-refractivity contribution in [3.05, 3.63) is 77.4 Å². The number of methoxy groups -OCH3 is 1. The number of carbonyl (C=O) groups excluding carboxylic acids is 2. The van der Waals surface area contributed by atoms with Gasteiger partial charge in [-0.3, -0.25) is 14.5 Å². The molecule has 5 nitrogen and oxygen atoms in total. The van der Waals surface area contributed by atoms with Gasteiger partial charge in [0, 0.05) is 35.2 Å². The maximum absolute atomic E-state index is 12.9. The minimum Gasteiger partial charge on any atom is -0.496 e. The quantitative estimate of drug-likeness (QED) is 0.468. The average molecular weight is 388 g/mol. The Bertz CT molecular complexity index is 1010. The van der Waals surface area contributed by atoms with Gasteiger partial charge in [-0.2, -0.15) is 0 Å². The van der Waals surface area contributed by atoms with Crippen LogP contribution in [-0.2, 0) is 6.54 Å². The van der Waals surface area contributed by atoms with Crippen LogP contribution < -0.4 is 10.1 Å². The van der Waals surface area contributed by atoms with Crippen LogP contribution in [0.4, 0.5) is 0 Å². The number of amides is 2. The Balaban J connectivity index is 1.33. The molecule has 0 bridgehead atoms. The minimum atomic E-state index is -0.193. The summed E-state index contributed by atoms with van der Waals surface area (Å²) < 4.78 is 5.36. The molecule has 0 saturated heterocycles. The van der Waals surface area contributed by atoms with E-state index in [1.807, 2.05) is 60.7 Å². The van der Waals surface area contributed by atoms with Crippen molar-refractivity contribution in [2.45, 2.75) is 19.4 Å². The van der Waals surface area contributed by atoms with Crippen molar-refractivity contribution in [2.24, 2.45) is 0 Å². The van der Waals surface area contributed by atoms with E-state index in [-0.39, 0.29) is 11.8 Å². The molecule has 0 aliphatic carbocycles. The van der Waals surface area contributed by atoms with Gasteiger partial charge in [0.15, 0.2) is 0 Å². The van der Waals surface area contributed by atoms with Crippen LogP contribution in [0.5, 0.6) is 5.75 Å². The van der Waals surface area contributed by atoms with Crippen LogP contribution in [-0.4, -0.2) is 36.9 Å². The Morgan fingerprint density at radius 1 is 0.862 bits per heavy atom. The van der Waals surface area contributed by atoms with Crippen molar-refractivity contribution in [1.29, 1.82) is 0 Å². The SMILES string of the molecule is COc1ccccc1CNCCCCN1C(=O)c2cccc3cccc(c23)C1=O. The van der Waals surface area contributed by atoms with Gasteiger partial charge in [-0.15, -0.1) is 0 Å². The van der Waals surface area contributed by atoms with Gasteiger partial charge < -0.3 is 10.1 Å². The molecule has 0 aromatic heterocycles. The van der Waals surface area contributed by atoms with Crippen molar-refractivity contribution >= 4 is 22.6 Å². The zero-order valence-corrected chi connectivity index (χ0v) is 16.5. The monoisotopic (exact) mass is 388 g/mol. The third-order valence-electron chi connectivity index (χ3n) is 5.35. The first-order chi connectivity index (χ1) is 14.2. The number of nitrogens with one attached hydrogen (secondary N) is 1. The number of hydrogen-bond acceptors (Lipinski definition) is 4. The van der Waals surface area contributed by atoms with Gasteiger partial charge in [0.25, 0.3) is 11.8 Å². The molecular formula is C24H24N2O3. The second-order valence-corrected chi connectivity index (χ2v) is 7.17. The summed E-state index contributed by atoms with van der Waals surface area (Å²) in [6.07, 6.45) is 1.63. The van der Waals surface area contributed by atoms with Gasteiger partial charge in [-0.05, 0) is 43.0 Å². The van der Waals surface area contributed by atoms with Crippen LogP contribution in [0.1, 0.15) is 39.1 Å².